The van der Waals surface area contributed by atoms with E-state index in [1.54, 1.807) is 7.11 Å². The number of methoxy groups -OCH3 is 1. The first kappa shape index (κ1) is 14.1. The predicted octanol–water partition coefficient (Wildman–Crippen LogP) is 2.55. The average molecular weight is 249 g/mol. The highest BCUT2D eigenvalue weighted by Gasteiger charge is 2.09. The van der Waals surface area contributed by atoms with E-state index in [0.717, 1.165) is 17.0 Å². The molecule has 0 aliphatic rings. The largest absolute Gasteiger partial charge is 0.497 e. The Morgan fingerprint density at radius 2 is 2.22 bits per heavy atom. The lowest BCUT2D eigenvalue weighted by atomic mass is 10.2. The third kappa shape index (κ3) is 4.49. The number of nitrogens with zero attached hydrogens (tertiary/aromatic N) is 1. The van der Waals surface area contributed by atoms with E-state index in [1.807, 2.05) is 36.1 Å². The number of carbonyl (C=O) groups is 1. The normalized spacial score (nSPS) is 9.89. The Morgan fingerprint density at radius 3 is 2.78 bits per heavy atom. The van der Waals surface area contributed by atoms with Crippen LogP contribution >= 0.6 is 0 Å². The molecule has 1 aromatic rings. The quantitative estimate of drug-likeness (QED) is 0.754. The van der Waals surface area contributed by atoms with E-state index in [0.29, 0.717) is 13.1 Å². The molecular formula is C14H19NO3. The number of carboxylic acid groups (broad SMARTS) is 1. The maximum atomic E-state index is 10.7. The molecular weight excluding hydrogens is 230 g/mol. The molecule has 4 nitrogen and oxygen atoms in total. The van der Waals surface area contributed by atoms with Crippen molar-refractivity contribution < 1.29 is 14.6 Å². The fraction of sp³-hybridized carbons (Fsp3) is 0.357. The Morgan fingerprint density at radius 1 is 1.50 bits per heavy atom. The number of aliphatic carboxylic acids is 1. The minimum atomic E-state index is -0.801. The van der Waals surface area contributed by atoms with E-state index >= 15 is 0 Å². The minimum Gasteiger partial charge on any atom is -0.497 e. The van der Waals surface area contributed by atoms with Gasteiger partial charge in [0.15, 0.2) is 0 Å². The monoisotopic (exact) mass is 249 g/mol. The molecule has 0 atom stereocenters. The summed E-state index contributed by atoms with van der Waals surface area (Å²) in [6, 6.07) is 7.58. The number of hydrogen-bond acceptors (Lipinski definition) is 3. The van der Waals surface area contributed by atoms with Crippen LogP contribution in [-0.2, 0) is 4.79 Å². The van der Waals surface area contributed by atoms with Gasteiger partial charge in [-0.05, 0) is 19.1 Å². The number of ether oxygens (including phenoxy) is 1. The molecule has 0 fully saturated rings. The van der Waals surface area contributed by atoms with Gasteiger partial charge in [-0.25, -0.2) is 0 Å². The van der Waals surface area contributed by atoms with E-state index < -0.39 is 5.97 Å². The van der Waals surface area contributed by atoms with E-state index in [4.69, 9.17) is 9.84 Å². The van der Waals surface area contributed by atoms with Gasteiger partial charge in [0.25, 0.3) is 0 Å². The molecule has 98 valence electrons. The maximum absolute atomic E-state index is 10.7. The van der Waals surface area contributed by atoms with Crippen LogP contribution in [0.15, 0.2) is 36.4 Å². The minimum absolute atomic E-state index is 0.102. The van der Waals surface area contributed by atoms with E-state index in [1.165, 1.54) is 0 Å². The standard InChI is InChI=1S/C14H19NO3/c1-11(2)10-15(8-7-14(16)17)12-5-4-6-13(9-12)18-3/h4-6,9H,1,7-8,10H2,2-3H3,(H,16,17). The van der Waals surface area contributed by atoms with Crippen molar-refractivity contribution in [1.82, 2.24) is 0 Å². The molecule has 1 rings (SSSR count). The van der Waals surface area contributed by atoms with Gasteiger partial charge in [0.05, 0.1) is 13.5 Å². The summed E-state index contributed by atoms with van der Waals surface area (Å²) in [5.74, 6) is -0.0425. The van der Waals surface area contributed by atoms with Crippen LogP contribution in [0.1, 0.15) is 13.3 Å². The molecule has 0 spiro atoms. The molecule has 0 aromatic heterocycles. The lowest BCUT2D eigenvalue weighted by Gasteiger charge is -2.24. The summed E-state index contributed by atoms with van der Waals surface area (Å²) < 4.78 is 5.17. The van der Waals surface area contributed by atoms with Crippen molar-refractivity contribution in [2.75, 3.05) is 25.1 Å². The van der Waals surface area contributed by atoms with E-state index in [-0.39, 0.29) is 6.42 Å². The second-order valence-corrected chi connectivity index (χ2v) is 4.22. The summed E-state index contributed by atoms with van der Waals surface area (Å²) >= 11 is 0. The molecule has 0 saturated heterocycles. The molecule has 0 bridgehead atoms. The SMILES string of the molecule is C=C(C)CN(CCC(=O)O)c1cccc(OC)c1. The molecule has 18 heavy (non-hydrogen) atoms. The van der Waals surface area contributed by atoms with Gasteiger partial charge in [0, 0.05) is 24.8 Å². The third-order valence-corrected chi connectivity index (χ3v) is 2.47. The zero-order chi connectivity index (χ0) is 13.5. The van der Waals surface area contributed by atoms with Gasteiger partial charge >= 0.3 is 5.97 Å². The van der Waals surface area contributed by atoms with Crippen LogP contribution < -0.4 is 9.64 Å². The first-order valence-corrected chi connectivity index (χ1v) is 5.78. The van der Waals surface area contributed by atoms with Gasteiger partial charge in [-0.3, -0.25) is 4.79 Å². The highest BCUT2D eigenvalue weighted by Crippen LogP contribution is 2.21. The van der Waals surface area contributed by atoms with Crippen LogP contribution in [-0.4, -0.2) is 31.3 Å². The molecule has 0 radical (unpaired) electrons. The topological polar surface area (TPSA) is 49.8 Å². The second-order valence-electron chi connectivity index (χ2n) is 4.22. The number of carboxylic acids is 1. The Bertz CT molecular complexity index is 429. The lowest BCUT2D eigenvalue weighted by Crippen LogP contribution is -2.27. The molecule has 0 heterocycles. The fourth-order valence-corrected chi connectivity index (χ4v) is 1.66. The summed E-state index contributed by atoms with van der Waals surface area (Å²) in [5, 5.41) is 8.77. The summed E-state index contributed by atoms with van der Waals surface area (Å²) in [6.45, 7) is 6.89. The van der Waals surface area contributed by atoms with Crippen LogP contribution in [0, 0.1) is 0 Å². The number of benzene rings is 1. The van der Waals surface area contributed by atoms with Crippen LogP contribution in [0.5, 0.6) is 5.75 Å². The van der Waals surface area contributed by atoms with Gasteiger partial charge < -0.3 is 14.7 Å². The zero-order valence-corrected chi connectivity index (χ0v) is 10.8. The highest BCUT2D eigenvalue weighted by molar-refractivity contribution is 5.67. The molecule has 1 aromatic carbocycles. The Balaban J connectivity index is 2.85. The van der Waals surface area contributed by atoms with Crippen molar-refractivity contribution in [2.24, 2.45) is 0 Å². The molecule has 0 aliphatic heterocycles. The lowest BCUT2D eigenvalue weighted by molar-refractivity contribution is -0.136. The zero-order valence-electron chi connectivity index (χ0n) is 10.8. The molecule has 0 saturated carbocycles. The van der Waals surface area contributed by atoms with Crippen molar-refractivity contribution in [3.05, 3.63) is 36.4 Å². The predicted molar refractivity (Wildman–Crippen MR) is 72.3 cm³/mol. The summed E-state index contributed by atoms with van der Waals surface area (Å²) in [5.41, 5.74) is 1.93. The Kier molecular flexibility index (Phi) is 5.24. The summed E-state index contributed by atoms with van der Waals surface area (Å²) in [6.07, 6.45) is 0.102. The molecule has 0 amide bonds. The van der Waals surface area contributed by atoms with Gasteiger partial charge in [-0.1, -0.05) is 18.2 Å². The summed E-state index contributed by atoms with van der Waals surface area (Å²) in [4.78, 5) is 12.7. The van der Waals surface area contributed by atoms with E-state index in [2.05, 4.69) is 6.58 Å². The van der Waals surface area contributed by atoms with Crippen molar-refractivity contribution in [3.63, 3.8) is 0 Å². The highest BCUT2D eigenvalue weighted by atomic mass is 16.5. The van der Waals surface area contributed by atoms with Crippen LogP contribution in [0.2, 0.25) is 0 Å². The fourth-order valence-electron chi connectivity index (χ4n) is 1.66. The number of anilines is 1. The molecule has 1 N–H and O–H groups in total. The second kappa shape index (κ2) is 6.69. The Labute approximate surface area is 107 Å². The first-order valence-electron chi connectivity index (χ1n) is 5.78. The number of rotatable bonds is 7. The van der Waals surface area contributed by atoms with Gasteiger partial charge in [0.2, 0.25) is 0 Å². The van der Waals surface area contributed by atoms with Crippen LogP contribution in [0.3, 0.4) is 0 Å². The maximum Gasteiger partial charge on any atom is 0.305 e. The Hall–Kier alpha value is -1.97. The van der Waals surface area contributed by atoms with Gasteiger partial charge in [0.1, 0.15) is 5.75 Å². The first-order chi connectivity index (χ1) is 8.52. The summed E-state index contributed by atoms with van der Waals surface area (Å²) in [7, 11) is 1.61. The van der Waals surface area contributed by atoms with Crippen molar-refractivity contribution in [1.29, 1.82) is 0 Å². The number of hydrogen-bond donors (Lipinski definition) is 1. The van der Waals surface area contributed by atoms with Gasteiger partial charge in [-0.2, -0.15) is 0 Å². The van der Waals surface area contributed by atoms with Crippen LogP contribution in [0.4, 0.5) is 5.69 Å². The molecule has 0 unspecified atom stereocenters. The van der Waals surface area contributed by atoms with Crippen LogP contribution in [0.25, 0.3) is 0 Å². The van der Waals surface area contributed by atoms with Crippen molar-refractivity contribution >= 4 is 11.7 Å². The van der Waals surface area contributed by atoms with Gasteiger partial charge in [-0.15, -0.1) is 0 Å². The van der Waals surface area contributed by atoms with Crippen molar-refractivity contribution in [3.8, 4) is 5.75 Å². The molecule has 4 heteroatoms. The van der Waals surface area contributed by atoms with Crippen molar-refractivity contribution in [2.45, 2.75) is 13.3 Å². The van der Waals surface area contributed by atoms with E-state index in [9.17, 15) is 4.79 Å². The third-order valence-electron chi connectivity index (χ3n) is 2.47. The molecule has 0 aliphatic carbocycles. The smallest absolute Gasteiger partial charge is 0.305 e. The average Bonchev–Trinajstić information content (AvgIpc) is 2.34.